The molecule has 2 heterocycles. The van der Waals surface area contributed by atoms with E-state index >= 15 is 0 Å². The van der Waals surface area contributed by atoms with Crippen LogP contribution in [0.3, 0.4) is 0 Å². The van der Waals surface area contributed by atoms with E-state index in [1.165, 1.54) is 7.11 Å². The van der Waals surface area contributed by atoms with Crippen LogP contribution in [0.5, 0.6) is 6.01 Å². The fourth-order valence-electron chi connectivity index (χ4n) is 1.26. The van der Waals surface area contributed by atoms with E-state index in [1.807, 2.05) is 13.1 Å². The number of hydrogen-bond acceptors (Lipinski definition) is 5. The molecule has 16 heavy (non-hydrogen) atoms. The Morgan fingerprint density at radius 3 is 2.94 bits per heavy atom. The highest BCUT2D eigenvalue weighted by atomic mass is 32.1. The van der Waals surface area contributed by atoms with Gasteiger partial charge in [0.05, 0.1) is 18.9 Å². The van der Waals surface area contributed by atoms with Crippen LogP contribution in [-0.2, 0) is 6.54 Å². The summed E-state index contributed by atoms with van der Waals surface area (Å²) in [5, 5.41) is 4.16. The van der Waals surface area contributed by atoms with Crippen molar-refractivity contribution < 1.29 is 4.74 Å². The highest BCUT2D eigenvalue weighted by molar-refractivity contribution is 7.71. The molecule has 0 bridgehead atoms. The van der Waals surface area contributed by atoms with Gasteiger partial charge in [-0.15, -0.1) is 0 Å². The summed E-state index contributed by atoms with van der Waals surface area (Å²) in [5.41, 5.74) is 0.855. The van der Waals surface area contributed by atoms with Gasteiger partial charge >= 0.3 is 0 Å². The van der Waals surface area contributed by atoms with Crippen LogP contribution < -0.4 is 4.74 Å². The normalized spacial score (nSPS) is 10.4. The molecule has 0 unspecified atom stereocenters. The number of rotatable bonds is 3. The van der Waals surface area contributed by atoms with Crippen LogP contribution in [0.2, 0.25) is 0 Å². The van der Waals surface area contributed by atoms with Crippen LogP contribution in [0, 0.1) is 4.77 Å². The van der Waals surface area contributed by atoms with Gasteiger partial charge in [-0.25, -0.2) is 4.98 Å². The van der Waals surface area contributed by atoms with Crippen molar-refractivity contribution in [3.63, 3.8) is 0 Å². The van der Waals surface area contributed by atoms with Crippen molar-refractivity contribution in [2.45, 2.75) is 13.5 Å². The third-order valence-corrected chi connectivity index (χ3v) is 2.24. The molecular formula is C9H11N5OS. The molecule has 84 valence electrons. The van der Waals surface area contributed by atoms with Crippen LogP contribution in [0.25, 0.3) is 11.4 Å². The maximum atomic E-state index is 4.99. The molecule has 0 spiro atoms. The lowest BCUT2D eigenvalue weighted by Crippen LogP contribution is -1.97. The first-order chi connectivity index (χ1) is 7.72. The lowest BCUT2D eigenvalue weighted by atomic mass is 10.3. The SMILES string of the molecule is CCn1cc(-c2nc(=S)nc(OC)[nH]2)cn1. The van der Waals surface area contributed by atoms with Gasteiger partial charge in [-0.05, 0) is 19.1 Å². The first-order valence-corrected chi connectivity index (χ1v) is 5.19. The van der Waals surface area contributed by atoms with E-state index in [9.17, 15) is 0 Å². The van der Waals surface area contributed by atoms with E-state index < -0.39 is 0 Å². The molecule has 0 saturated heterocycles. The summed E-state index contributed by atoms with van der Waals surface area (Å²) in [6, 6.07) is 0.347. The molecule has 2 rings (SSSR count). The van der Waals surface area contributed by atoms with Gasteiger partial charge in [-0.3, -0.25) is 9.67 Å². The van der Waals surface area contributed by atoms with Crippen molar-refractivity contribution in [1.29, 1.82) is 0 Å². The van der Waals surface area contributed by atoms with Gasteiger partial charge in [-0.2, -0.15) is 10.1 Å². The summed E-state index contributed by atoms with van der Waals surface area (Å²) >= 11 is 4.94. The number of hydrogen-bond donors (Lipinski definition) is 1. The van der Waals surface area contributed by atoms with E-state index in [1.54, 1.807) is 10.9 Å². The van der Waals surface area contributed by atoms with Crippen molar-refractivity contribution >= 4 is 12.2 Å². The van der Waals surface area contributed by atoms with Crippen LogP contribution in [0.1, 0.15) is 6.92 Å². The Kier molecular flexibility index (Phi) is 2.95. The number of aryl methyl sites for hydroxylation is 1. The van der Waals surface area contributed by atoms with Gasteiger partial charge in [0.1, 0.15) is 5.82 Å². The van der Waals surface area contributed by atoms with E-state index in [4.69, 9.17) is 17.0 Å². The van der Waals surface area contributed by atoms with Gasteiger partial charge in [0.15, 0.2) is 0 Å². The maximum Gasteiger partial charge on any atom is 0.297 e. The van der Waals surface area contributed by atoms with Crippen LogP contribution in [0.4, 0.5) is 0 Å². The lowest BCUT2D eigenvalue weighted by molar-refractivity contribution is 0.378. The topological polar surface area (TPSA) is 68.6 Å². The Hall–Kier alpha value is -1.76. The van der Waals surface area contributed by atoms with E-state index in [0.29, 0.717) is 11.8 Å². The zero-order chi connectivity index (χ0) is 11.5. The van der Waals surface area contributed by atoms with Crippen molar-refractivity contribution in [3.8, 4) is 17.4 Å². The maximum absolute atomic E-state index is 4.99. The molecule has 7 heteroatoms. The third kappa shape index (κ3) is 2.08. The average Bonchev–Trinajstić information content (AvgIpc) is 2.76. The largest absolute Gasteiger partial charge is 0.468 e. The van der Waals surface area contributed by atoms with Gasteiger partial charge < -0.3 is 4.74 Å². The summed E-state index contributed by atoms with van der Waals surface area (Å²) < 4.78 is 7.04. The van der Waals surface area contributed by atoms with E-state index in [0.717, 1.165) is 12.1 Å². The number of methoxy groups -OCH3 is 1. The summed E-state index contributed by atoms with van der Waals surface area (Å²) in [6.45, 7) is 2.82. The minimum absolute atomic E-state index is 0.245. The molecule has 2 aromatic rings. The Morgan fingerprint density at radius 1 is 1.50 bits per heavy atom. The average molecular weight is 237 g/mol. The van der Waals surface area contributed by atoms with Crippen molar-refractivity contribution in [3.05, 3.63) is 17.2 Å². The van der Waals surface area contributed by atoms with E-state index in [2.05, 4.69) is 20.1 Å². The highest BCUT2D eigenvalue weighted by Gasteiger charge is 2.05. The molecule has 6 nitrogen and oxygen atoms in total. The predicted molar refractivity (Wildman–Crippen MR) is 60.7 cm³/mol. The molecule has 0 aliphatic carbocycles. The molecule has 0 aliphatic heterocycles. The first-order valence-electron chi connectivity index (χ1n) is 4.78. The molecule has 0 saturated carbocycles. The number of nitrogens with zero attached hydrogens (tertiary/aromatic N) is 4. The smallest absolute Gasteiger partial charge is 0.297 e. The Balaban J connectivity index is 2.46. The van der Waals surface area contributed by atoms with Crippen LogP contribution in [-0.4, -0.2) is 31.8 Å². The number of H-pyrrole nitrogens is 1. The van der Waals surface area contributed by atoms with Crippen LogP contribution in [0.15, 0.2) is 12.4 Å². The Bertz CT molecular complexity index is 547. The number of nitrogens with one attached hydrogen (secondary N) is 1. The highest BCUT2D eigenvalue weighted by Crippen LogP contribution is 2.14. The monoisotopic (exact) mass is 237 g/mol. The summed E-state index contributed by atoms with van der Waals surface area (Å²) in [4.78, 5) is 10.9. The third-order valence-electron chi connectivity index (χ3n) is 2.05. The van der Waals surface area contributed by atoms with Crippen molar-refractivity contribution in [2.24, 2.45) is 0 Å². The Labute approximate surface area is 97.3 Å². The molecule has 0 aliphatic rings. The molecule has 2 aromatic heterocycles. The van der Waals surface area contributed by atoms with E-state index in [-0.39, 0.29) is 4.77 Å². The fraction of sp³-hybridized carbons (Fsp3) is 0.333. The second-order valence-electron chi connectivity index (χ2n) is 3.07. The first kappa shape index (κ1) is 10.7. The van der Waals surface area contributed by atoms with Gasteiger partial charge in [-0.1, -0.05) is 0 Å². The summed E-state index contributed by atoms with van der Waals surface area (Å²) in [5.74, 6) is 0.608. The van der Waals surface area contributed by atoms with Gasteiger partial charge in [0, 0.05) is 12.7 Å². The predicted octanol–water partition coefficient (Wildman–Crippen LogP) is 1.43. The standard InChI is InChI=1S/C9H11N5OS/c1-3-14-5-6(4-10-14)7-11-8(15-2)13-9(16)12-7/h4-5H,3H2,1-2H3,(H,11,12,13,16). The van der Waals surface area contributed by atoms with Crippen molar-refractivity contribution in [2.75, 3.05) is 7.11 Å². The zero-order valence-electron chi connectivity index (χ0n) is 8.97. The molecule has 1 N–H and O–H groups in total. The fourth-order valence-corrected chi connectivity index (χ4v) is 1.43. The summed E-state index contributed by atoms with van der Waals surface area (Å²) in [7, 11) is 1.52. The van der Waals surface area contributed by atoms with Crippen molar-refractivity contribution in [1.82, 2.24) is 24.7 Å². The minimum atomic E-state index is 0.245. The molecule has 0 radical (unpaired) electrons. The summed E-state index contributed by atoms with van der Waals surface area (Å²) in [6.07, 6.45) is 3.60. The second-order valence-corrected chi connectivity index (χ2v) is 3.44. The second kappa shape index (κ2) is 4.40. The minimum Gasteiger partial charge on any atom is -0.468 e. The molecule has 0 fully saturated rings. The zero-order valence-corrected chi connectivity index (χ0v) is 9.78. The number of ether oxygens (including phenoxy) is 1. The molecule has 0 amide bonds. The lowest BCUT2D eigenvalue weighted by Gasteiger charge is -2.00. The number of aromatic amines is 1. The number of aromatic nitrogens is 5. The quantitative estimate of drug-likeness (QED) is 0.818. The van der Waals surface area contributed by atoms with Crippen LogP contribution >= 0.6 is 12.2 Å². The molecule has 0 atom stereocenters. The van der Waals surface area contributed by atoms with Gasteiger partial charge in [0.2, 0.25) is 4.77 Å². The van der Waals surface area contributed by atoms with Gasteiger partial charge in [0.25, 0.3) is 6.01 Å². The Morgan fingerprint density at radius 2 is 2.31 bits per heavy atom. The molecule has 0 aromatic carbocycles. The molecular weight excluding hydrogens is 226 g/mol.